The Kier molecular flexibility index (Phi) is 3.07. The van der Waals surface area contributed by atoms with Crippen LogP contribution >= 0.6 is 0 Å². The van der Waals surface area contributed by atoms with Crippen molar-refractivity contribution in [3.63, 3.8) is 0 Å². The first-order chi connectivity index (χ1) is 8.91. The lowest BCUT2D eigenvalue weighted by atomic mass is 10.3. The minimum atomic E-state index is -3.11. The number of halogens is 3. The molecule has 0 radical (unpaired) electrons. The molecule has 0 aliphatic rings. The molecule has 0 atom stereocenters. The Morgan fingerprint density at radius 1 is 1.37 bits per heavy atom. The summed E-state index contributed by atoms with van der Waals surface area (Å²) in [5.41, 5.74) is -2.22. The average molecular weight is 274 g/mol. The first kappa shape index (κ1) is 12.8. The molecule has 1 aromatic carbocycles. The van der Waals surface area contributed by atoms with Gasteiger partial charge in [-0.15, -0.1) is 0 Å². The van der Waals surface area contributed by atoms with Gasteiger partial charge < -0.3 is 0 Å². The van der Waals surface area contributed by atoms with Crippen LogP contribution in [-0.4, -0.2) is 19.3 Å². The fourth-order valence-electron chi connectivity index (χ4n) is 1.40. The number of nitro benzene ring substituents is 1. The van der Waals surface area contributed by atoms with E-state index in [1.165, 1.54) is 0 Å². The fraction of sp³-hybridized carbons (Fsp3) is 0.111. The second-order valence-electron chi connectivity index (χ2n) is 3.40. The molecule has 0 aliphatic heterocycles. The Morgan fingerprint density at radius 2 is 2.05 bits per heavy atom. The molecule has 10 heteroatoms. The molecule has 2 aromatic rings. The quantitative estimate of drug-likeness (QED) is 0.626. The molecule has 0 bridgehead atoms. The van der Waals surface area contributed by atoms with Gasteiger partial charge in [0.25, 0.3) is 5.69 Å². The van der Waals surface area contributed by atoms with Crippen LogP contribution in [0, 0.1) is 15.9 Å². The summed E-state index contributed by atoms with van der Waals surface area (Å²) < 4.78 is 38.7. The minimum Gasteiger partial charge on any atom is -0.258 e. The van der Waals surface area contributed by atoms with Crippen LogP contribution in [0.1, 0.15) is 6.55 Å². The number of alkyl halides is 2. The lowest BCUT2D eigenvalue weighted by Crippen LogP contribution is -2.24. The normalized spacial score (nSPS) is 10.9. The number of hydrogen-bond donors (Lipinski definition) is 0. The highest BCUT2D eigenvalue weighted by Gasteiger charge is 2.18. The summed E-state index contributed by atoms with van der Waals surface area (Å²) in [5, 5.41) is 13.7. The van der Waals surface area contributed by atoms with Gasteiger partial charge in [0.1, 0.15) is 12.0 Å². The molecule has 2 rings (SSSR count). The lowest BCUT2D eigenvalue weighted by Gasteiger charge is -2.01. The van der Waals surface area contributed by atoms with E-state index >= 15 is 0 Å². The number of nitrogens with zero attached hydrogens (tertiary/aromatic N) is 4. The van der Waals surface area contributed by atoms with Gasteiger partial charge in [-0.2, -0.15) is 18.6 Å². The number of non-ortho nitro benzene ring substituents is 1. The molecule has 19 heavy (non-hydrogen) atoms. The third kappa shape index (κ3) is 2.19. The molecule has 0 aliphatic carbocycles. The average Bonchev–Trinajstić information content (AvgIpc) is 2.71. The number of hydrogen-bond acceptors (Lipinski definition) is 4. The zero-order chi connectivity index (χ0) is 14.2. The van der Waals surface area contributed by atoms with Crippen molar-refractivity contribution in [3.8, 4) is 5.69 Å². The van der Waals surface area contributed by atoms with Crippen molar-refractivity contribution in [2.45, 2.75) is 6.55 Å². The lowest BCUT2D eigenvalue weighted by molar-refractivity contribution is -0.385. The van der Waals surface area contributed by atoms with Crippen LogP contribution in [0.15, 0.2) is 29.3 Å². The molecule has 0 amide bonds. The minimum absolute atomic E-state index is 0.000846. The number of rotatable bonds is 3. The number of aromatic nitrogens is 3. The topological polar surface area (TPSA) is 83.0 Å². The molecule has 100 valence electrons. The van der Waals surface area contributed by atoms with Crippen molar-refractivity contribution in [3.05, 3.63) is 50.9 Å². The van der Waals surface area contributed by atoms with Crippen LogP contribution < -0.4 is 5.69 Å². The van der Waals surface area contributed by atoms with E-state index in [9.17, 15) is 28.1 Å². The Bertz CT molecular complexity index is 694. The van der Waals surface area contributed by atoms with Gasteiger partial charge in [0.15, 0.2) is 5.82 Å². The highest BCUT2D eigenvalue weighted by atomic mass is 19.3. The van der Waals surface area contributed by atoms with E-state index in [1.807, 2.05) is 0 Å². The van der Waals surface area contributed by atoms with Crippen molar-refractivity contribution in [2.75, 3.05) is 0 Å². The zero-order valence-corrected chi connectivity index (χ0v) is 9.03. The van der Waals surface area contributed by atoms with Crippen molar-refractivity contribution >= 4 is 5.69 Å². The first-order valence-electron chi connectivity index (χ1n) is 4.80. The summed E-state index contributed by atoms with van der Waals surface area (Å²) >= 11 is 0. The third-order valence-corrected chi connectivity index (χ3v) is 2.27. The van der Waals surface area contributed by atoms with Gasteiger partial charge in [0.2, 0.25) is 0 Å². The second kappa shape index (κ2) is 4.55. The highest BCUT2D eigenvalue weighted by Crippen LogP contribution is 2.18. The van der Waals surface area contributed by atoms with E-state index in [1.54, 1.807) is 0 Å². The molecule has 1 heterocycles. The van der Waals surface area contributed by atoms with Gasteiger partial charge in [-0.1, -0.05) is 0 Å². The van der Waals surface area contributed by atoms with E-state index in [-0.39, 0.29) is 4.57 Å². The van der Waals surface area contributed by atoms with Crippen LogP contribution in [0.2, 0.25) is 0 Å². The van der Waals surface area contributed by atoms with Crippen molar-refractivity contribution in [1.82, 2.24) is 14.3 Å². The molecular formula is C9H5F3N4O3. The molecule has 1 aromatic heterocycles. The zero-order valence-electron chi connectivity index (χ0n) is 9.03. The van der Waals surface area contributed by atoms with Crippen LogP contribution in [0.5, 0.6) is 0 Å². The van der Waals surface area contributed by atoms with Crippen molar-refractivity contribution in [1.29, 1.82) is 0 Å². The summed E-state index contributed by atoms with van der Waals surface area (Å²) in [4.78, 5) is 21.1. The van der Waals surface area contributed by atoms with E-state index in [0.717, 1.165) is 12.1 Å². The summed E-state index contributed by atoms with van der Waals surface area (Å²) in [5.74, 6) is -1.11. The van der Waals surface area contributed by atoms with E-state index in [4.69, 9.17) is 0 Å². The Morgan fingerprint density at radius 3 is 2.53 bits per heavy atom. The predicted molar refractivity (Wildman–Crippen MR) is 55.7 cm³/mol. The maximum absolute atomic E-state index is 13.6. The molecule has 0 spiro atoms. The van der Waals surface area contributed by atoms with Crippen molar-refractivity contribution in [2.24, 2.45) is 0 Å². The SMILES string of the molecule is O=c1n(C(F)F)cnn1-c1ccc([N+](=O)[O-])cc1F. The maximum Gasteiger partial charge on any atom is 0.355 e. The molecular weight excluding hydrogens is 269 g/mol. The Balaban J connectivity index is 2.54. The molecule has 0 saturated heterocycles. The first-order valence-corrected chi connectivity index (χ1v) is 4.80. The van der Waals surface area contributed by atoms with E-state index in [0.29, 0.717) is 17.1 Å². The number of nitro groups is 1. The smallest absolute Gasteiger partial charge is 0.258 e. The maximum atomic E-state index is 13.6. The molecule has 0 fully saturated rings. The van der Waals surface area contributed by atoms with E-state index in [2.05, 4.69) is 5.10 Å². The summed E-state index contributed by atoms with van der Waals surface area (Å²) in [6.07, 6.45) is 0.549. The van der Waals surface area contributed by atoms with Gasteiger partial charge in [-0.3, -0.25) is 10.1 Å². The van der Waals surface area contributed by atoms with Gasteiger partial charge in [0.05, 0.1) is 11.0 Å². The predicted octanol–water partition coefficient (Wildman–Crippen LogP) is 1.48. The van der Waals surface area contributed by atoms with Gasteiger partial charge in [-0.05, 0) is 6.07 Å². The van der Waals surface area contributed by atoms with Gasteiger partial charge >= 0.3 is 12.2 Å². The highest BCUT2D eigenvalue weighted by molar-refractivity contribution is 5.41. The Labute approximate surface area is 102 Å². The van der Waals surface area contributed by atoms with Gasteiger partial charge in [-0.25, -0.2) is 13.8 Å². The third-order valence-electron chi connectivity index (χ3n) is 2.27. The summed E-state index contributed by atoms with van der Waals surface area (Å²) in [7, 11) is 0. The molecule has 7 nitrogen and oxygen atoms in total. The van der Waals surface area contributed by atoms with Crippen LogP contribution in [0.3, 0.4) is 0 Å². The second-order valence-corrected chi connectivity index (χ2v) is 3.40. The summed E-state index contributed by atoms with van der Waals surface area (Å²) in [6, 6.07) is 2.42. The standard InChI is InChI=1S/C9H5F3N4O3/c10-6-3-5(16(18)19)1-2-7(6)15-9(17)14(4-13-15)8(11)12/h1-4,8H. The largest absolute Gasteiger partial charge is 0.355 e. The number of benzene rings is 1. The van der Waals surface area contributed by atoms with Crippen LogP contribution in [0.4, 0.5) is 18.9 Å². The fourth-order valence-corrected chi connectivity index (χ4v) is 1.40. The monoisotopic (exact) mass is 274 g/mol. The van der Waals surface area contributed by atoms with Crippen LogP contribution in [-0.2, 0) is 0 Å². The summed E-state index contributed by atoms with van der Waals surface area (Å²) in [6.45, 7) is -3.11. The molecule has 0 saturated carbocycles. The molecule has 0 unspecified atom stereocenters. The Hall–Kier alpha value is -2.65. The van der Waals surface area contributed by atoms with E-state index < -0.39 is 34.4 Å². The van der Waals surface area contributed by atoms with Crippen molar-refractivity contribution < 1.29 is 18.1 Å². The molecule has 0 N–H and O–H groups in total. The van der Waals surface area contributed by atoms with Crippen LogP contribution in [0.25, 0.3) is 5.69 Å². The van der Waals surface area contributed by atoms with Gasteiger partial charge in [0, 0.05) is 6.07 Å².